The summed E-state index contributed by atoms with van der Waals surface area (Å²) >= 11 is 0. The van der Waals surface area contributed by atoms with Gasteiger partial charge < -0.3 is 14.8 Å². The Morgan fingerprint density at radius 1 is 1.56 bits per heavy atom. The zero-order valence-electron chi connectivity index (χ0n) is 10.5. The molecule has 0 spiro atoms. The Balaban J connectivity index is 2.58. The van der Waals surface area contributed by atoms with E-state index in [1.807, 2.05) is 4.72 Å². The van der Waals surface area contributed by atoms with E-state index in [-0.39, 0.29) is 25.8 Å². The lowest BCUT2D eigenvalue weighted by Crippen LogP contribution is -2.53. The largest absolute Gasteiger partial charge is 0.449 e. The van der Waals surface area contributed by atoms with E-state index >= 15 is 0 Å². The molecule has 0 aliphatic carbocycles. The predicted molar refractivity (Wildman–Crippen MR) is 64.3 cm³/mol. The third-order valence-electron chi connectivity index (χ3n) is 2.36. The van der Waals surface area contributed by atoms with Crippen LogP contribution in [0.1, 0.15) is 6.92 Å². The minimum absolute atomic E-state index is 0.118. The summed E-state index contributed by atoms with van der Waals surface area (Å²) in [6.45, 7) is 2.99. The molecule has 1 atom stereocenters. The van der Waals surface area contributed by atoms with Crippen LogP contribution in [0.5, 0.6) is 0 Å². The first kappa shape index (κ1) is 15.2. The quantitative estimate of drug-likeness (QED) is 0.664. The summed E-state index contributed by atoms with van der Waals surface area (Å²) < 4.78 is 36.7. The van der Waals surface area contributed by atoms with Crippen LogP contribution in [0.25, 0.3) is 0 Å². The van der Waals surface area contributed by atoms with Gasteiger partial charge in [0.15, 0.2) is 0 Å². The molecule has 1 unspecified atom stereocenters. The van der Waals surface area contributed by atoms with E-state index in [1.165, 1.54) is 4.31 Å². The van der Waals surface area contributed by atoms with Gasteiger partial charge in [-0.2, -0.15) is 12.7 Å². The number of likely N-dealkylation sites (N-methyl/N-ethyl adjacent to an activating group) is 1. The van der Waals surface area contributed by atoms with E-state index in [2.05, 4.69) is 10.1 Å². The zero-order chi connectivity index (χ0) is 13.6. The van der Waals surface area contributed by atoms with Crippen molar-refractivity contribution in [3.05, 3.63) is 0 Å². The first-order valence-electron chi connectivity index (χ1n) is 5.70. The van der Waals surface area contributed by atoms with Crippen LogP contribution in [0.2, 0.25) is 0 Å². The summed E-state index contributed by atoms with van der Waals surface area (Å²) in [5.41, 5.74) is 0. The molecule has 18 heavy (non-hydrogen) atoms. The van der Waals surface area contributed by atoms with Crippen molar-refractivity contribution < 1.29 is 22.7 Å². The normalized spacial score (nSPS) is 21.6. The van der Waals surface area contributed by atoms with Crippen molar-refractivity contribution in [3.8, 4) is 0 Å². The summed E-state index contributed by atoms with van der Waals surface area (Å²) in [5, 5.41) is 2.91. The van der Waals surface area contributed by atoms with Crippen molar-refractivity contribution in [2.24, 2.45) is 0 Å². The highest BCUT2D eigenvalue weighted by Crippen LogP contribution is 2.08. The van der Waals surface area contributed by atoms with Crippen LogP contribution in [-0.2, 0) is 19.7 Å². The number of ether oxygens (including phenoxy) is 2. The van der Waals surface area contributed by atoms with Gasteiger partial charge in [0.25, 0.3) is 0 Å². The lowest BCUT2D eigenvalue weighted by Gasteiger charge is -2.31. The Hall–Kier alpha value is -0.900. The highest BCUT2D eigenvalue weighted by atomic mass is 32.2. The molecule has 0 aromatic carbocycles. The SMILES string of the molecule is CCOC(=O)NS(=O)(=O)N1CCOC(CNC)C1. The Bertz CT molecular complexity index is 370. The summed E-state index contributed by atoms with van der Waals surface area (Å²) in [5.74, 6) is 0. The van der Waals surface area contributed by atoms with E-state index in [1.54, 1.807) is 14.0 Å². The van der Waals surface area contributed by atoms with Gasteiger partial charge in [-0.05, 0) is 14.0 Å². The third-order valence-corrected chi connectivity index (χ3v) is 3.80. The molecule has 0 aromatic rings. The molecule has 106 valence electrons. The van der Waals surface area contributed by atoms with Crippen molar-refractivity contribution in [1.29, 1.82) is 0 Å². The maximum absolute atomic E-state index is 11.9. The van der Waals surface area contributed by atoms with Crippen molar-refractivity contribution in [3.63, 3.8) is 0 Å². The Morgan fingerprint density at radius 2 is 2.28 bits per heavy atom. The van der Waals surface area contributed by atoms with Crippen LogP contribution < -0.4 is 10.0 Å². The predicted octanol–water partition coefficient (Wildman–Crippen LogP) is -1.10. The minimum Gasteiger partial charge on any atom is -0.449 e. The van der Waals surface area contributed by atoms with Gasteiger partial charge in [-0.25, -0.2) is 9.52 Å². The average molecular weight is 281 g/mol. The standard InChI is InChI=1S/C9H19N3O5S/c1-3-16-9(13)11-18(14,15)12-4-5-17-8(7-12)6-10-2/h8,10H,3-7H2,1-2H3,(H,11,13). The van der Waals surface area contributed by atoms with Crippen LogP contribution >= 0.6 is 0 Å². The molecule has 1 aliphatic heterocycles. The second-order valence-corrected chi connectivity index (χ2v) is 5.41. The molecule has 1 fully saturated rings. The highest BCUT2D eigenvalue weighted by molar-refractivity contribution is 7.87. The van der Waals surface area contributed by atoms with Crippen molar-refractivity contribution in [2.75, 3.05) is 39.9 Å². The number of carbonyl (C=O) groups is 1. The molecule has 1 rings (SSSR count). The number of carbonyl (C=O) groups excluding carboxylic acids is 1. The summed E-state index contributed by atoms with van der Waals surface area (Å²) in [6.07, 6.45) is -1.18. The number of hydrogen-bond donors (Lipinski definition) is 2. The monoisotopic (exact) mass is 281 g/mol. The number of amides is 1. The number of rotatable bonds is 5. The lowest BCUT2D eigenvalue weighted by atomic mass is 10.3. The van der Waals surface area contributed by atoms with Gasteiger partial charge in [0.2, 0.25) is 0 Å². The van der Waals surface area contributed by atoms with E-state index in [0.29, 0.717) is 13.2 Å². The molecule has 8 nitrogen and oxygen atoms in total. The fourth-order valence-corrected chi connectivity index (χ4v) is 2.67. The van der Waals surface area contributed by atoms with Gasteiger partial charge in [-0.3, -0.25) is 0 Å². The van der Waals surface area contributed by atoms with Crippen molar-refractivity contribution >= 4 is 16.3 Å². The second kappa shape index (κ2) is 6.88. The summed E-state index contributed by atoms with van der Waals surface area (Å²) in [4.78, 5) is 11.1. The van der Waals surface area contributed by atoms with E-state index in [4.69, 9.17) is 4.74 Å². The Kier molecular flexibility index (Phi) is 5.79. The first-order chi connectivity index (χ1) is 8.49. The van der Waals surface area contributed by atoms with Crippen LogP contribution in [0.15, 0.2) is 0 Å². The van der Waals surface area contributed by atoms with Crippen molar-refractivity contribution in [1.82, 2.24) is 14.3 Å². The molecule has 1 heterocycles. The minimum atomic E-state index is -3.85. The van der Waals surface area contributed by atoms with Crippen molar-refractivity contribution in [2.45, 2.75) is 13.0 Å². The molecular formula is C9H19N3O5S. The fraction of sp³-hybridized carbons (Fsp3) is 0.889. The Labute approximate surface area is 107 Å². The maximum atomic E-state index is 11.9. The smallest absolute Gasteiger partial charge is 0.421 e. The molecule has 0 bridgehead atoms. The molecule has 1 amide bonds. The number of hydrogen-bond acceptors (Lipinski definition) is 6. The molecule has 1 aliphatic rings. The van der Waals surface area contributed by atoms with Gasteiger partial charge in [-0.15, -0.1) is 0 Å². The van der Waals surface area contributed by atoms with Crippen LogP contribution in [-0.4, -0.2) is 64.8 Å². The van der Waals surface area contributed by atoms with Gasteiger partial charge in [0, 0.05) is 19.6 Å². The van der Waals surface area contributed by atoms with Gasteiger partial charge >= 0.3 is 16.3 Å². The Morgan fingerprint density at radius 3 is 2.89 bits per heavy atom. The number of nitrogens with one attached hydrogen (secondary N) is 2. The summed E-state index contributed by atoms with van der Waals surface area (Å²) in [6, 6.07) is 0. The fourth-order valence-electron chi connectivity index (χ4n) is 1.59. The molecule has 2 N–H and O–H groups in total. The average Bonchev–Trinajstić information content (AvgIpc) is 2.29. The van der Waals surface area contributed by atoms with Crippen LogP contribution in [0, 0.1) is 0 Å². The summed E-state index contributed by atoms with van der Waals surface area (Å²) in [7, 11) is -2.10. The third kappa shape index (κ3) is 4.41. The van der Waals surface area contributed by atoms with Gasteiger partial charge in [-0.1, -0.05) is 0 Å². The highest BCUT2D eigenvalue weighted by Gasteiger charge is 2.30. The van der Waals surface area contributed by atoms with E-state index in [0.717, 1.165) is 0 Å². The van der Waals surface area contributed by atoms with E-state index < -0.39 is 16.3 Å². The first-order valence-corrected chi connectivity index (χ1v) is 7.14. The number of nitrogens with zero attached hydrogens (tertiary/aromatic N) is 1. The molecule has 0 saturated carbocycles. The molecule has 1 saturated heterocycles. The molecule has 0 radical (unpaired) electrons. The van der Waals surface area contributed by atoms with Gasteiger partial charge in [0.05, 0.1) is 19.3 Å². The maximum Gasteiger partial charge on any atom is 0.421 e. The lowest BCUT2D eigenvalue weighted by molar-refractivity contribution is 0.000442. The van der Waals surface area contributed by atoms with Crippen LogP contribution in [0.4, 0.5) is 4.79 Å². The molecule has 9 heteroatoms. The van der Waals surface area contributed by atoms with Gasteiger partial charge in [0.1, 0.15) is 0 Å². The molecule has 0 aromatic heterocycles. The molecular weight excluding hydrogens is 262 g/mol. The number of morpholine rings is 1. The topological polar surface area (TPSA) is 97.0 Å². The zero-order valence-corrected chi connectivity index (χ0v) is 11.3. The van der Waals surface area contributed by atoms with Crippen LogP contribution in [0.3, 0.4) is 0 Å². The van der Waals surface area contributed by atoms with E-state index in [9.17, 15) is 13.2 Å². The second-order valence-electron chi connectivity index (χ2n) is 3.74.